The largest absolute Gasteiger partial charge is 0.454 e. The number of anilines is 1. The van der Waals surface area contributed by atoms with Crippen molar-refractivity contribution in [2.24, 2.45) is 0 Å². The van der Waals surface area contributed by atoms with Gasteiger partial charge in [0.25, 0.3) is 0 Å². The molecule has 1 aliphatic carbocycles. The van der Waals surface area contributed by atoms with Gasteiger partial charge in [-0.2, -0.15) is 0 Å². The third kappa shape index (κ3) is 4.26. The predicted octanol–water partition coefficient (Wildman–Crippen LogP) is 3.67. The van der Waals surface area contributed by atoms with Crippen molar-refractivity contribution >= 4 is 27.5 Å². The van der Waals surface area contributed by atoms with E-state index in [1.54, 1.807) is 6.07 Å². The van der Waals surface area contributed by atoms with Crippen molar-refractivity contribution in [3.8, 4) is 11.1 Å². The molecule has 0 spiro atoms. The molecule has 0 unspecified atom stereocenters. The van der Waals surface area contributed by atoms with E-state index in [1.807, 2.05) is 30.3 Å². The van der Waals surface area contributed by atoms with E-state index in [2.05, 4.69) is 10.8 Å². The number of hydrogen-bond donors (Lipinski definition) is 1. The molecule has 0 amide bonds. The lowest BCUT2D eigenvalue weighted by Crippen LogP contribution is -2.15. The minimum atomic E-state index is -3.46. The summed E-state index contributed by atoms with van der Waals surface area (Å²) in [6, 6.07) is 19.5. The molecule has 0 bridgehead atoms. The van der Waals surface area contributed by atoms with Gasteiger partial charge in [-0.05, 0) is 52.9 Å². The van der Waals surface area contributed by atoms with Crippen LogP contribution in [0, 0.1) is 0 Å². The molecule has 1 aliphatic rings. The van der Waals surface area contributed by atoms with Crippen molar-refractivity contribution in [2.45, 2.75) is 6.42 Å². The fourth-order valence-corrected chi connectivity index (χ4v) is 4.07. The second kappa shape index (κ2) is 7.76. The minimum Gasteiger partial charge on any atom is -0.454 e. The van der Waals surface area contributed by atoms with E-state index in [4.69, 9.17) is 4.74 Å². The SMILES string of the molecule is CS(=O)(=O)Nc1cccc(C(=O)OCC(=O)c2ccc3c(c2)-c2ccccc2C3)c1. The molecule has 152 valence electrons. The highest BCUT2D eigenvalue weighted by molar-refractivity contribution is 7.92. The molecule has 7 heteroatoms. The number of ketones is 1. The molecule has 0 heterocycles. The van der Waals surface area contributed by atoms with Gasteiger partial charge in [0.15, 0.2) is 12.4 Å². The van der Waals surface area contributed by atoms with Crippen LogP contribution in [0.5, 0.6) is 0 Å². The summed E-state index contributed by atoms with van der Waals surface area (Å²) in [6.45, 7) is -0.400. The van der Waals surface area contributed by atoms with Crippen LogP contribution in [0.25, 0.3) is 11.1 Å². The van der Waals surface area contributed by atoms with Crippen LogP contribution < -0.4 is 4.72 Å². The third-order valence-corrected chi connectivity index (χ3v) is 5.46. The van der Waals surface area contributed by atoms with E-state index in [-0.39, 0.29) is 17.0 Å². The molecule has 0 radical (unpaired) electrons. The quantitative estimate of drug-likeness (QED) is 0.379. The Morgan fingerprint density at radius 1 is 0.900 bits per heavy atom. The van der Waals surface area contributed by atoms with E-state index >= 15 is 0 Å². The molecule has 0 fully saturated rings. The van der Waals surface area contributed by atoms with Crippen molar-refractivity contribution in [1.82, 2.24) is 0 Å². The molecule has 3 aromatic carbocycles. The summed E-state index contributed by atoms with van der Waals surface area (Å²) in [5.41, 5.74) is 5.42. The predicted molar refractivity (Wildman–Crippen MR) is 114 cm³/mol. The Labute approximate surface area is 174 Å². The monoisotopic (exact) mass is 421 g/mol. The minimum absolute atomic E-state index is 0.152. The Hall–Kier alpha value is -3.45. The van der Waals surface area contributed by atoms with Crippen LogP contribution in [0.3, 0.4) is 0 Å². The van der Waals surface area contributed by atoms with Gasteiger partial charge in [0, 0.05) is 11.3 Å². The Morgan fingerprint density at radius 2 is 1.67 bits per heavy atom. The Bertz CT molecular complexity index is 1260. The molecule has 0 saturated heterocycles. The molecule has 0 atom stereocenters. The van der Waals surface area contributed by atoms with Crippen molar-refractivity contribution < 1.29 is 22.7 Å². The Kier molecular flexibility index (Phi) is 5.13. The number of benzene rings is 3. The summed E-state index contributed by atoms with van der Waals surface area (Å²) < 4.78 is 30.1. The second-order valence-corrected chi connectivity index (χ2v) is 8.91. The van der Waals surface area contributed by atoms with Gasteiger partial charge in [0.2, 0.25) is 10.0 Å². The lowest BCUT2D eigenvalue weighted by atomic mass is 10.0. The number of hydrogen-bond acceptors (Lipinski definition) is 5. The van der Waals surface area contributed by atoms with E-state index < -0.39 is 22.6 Å². The number of fused-ring (bicyclic) bond motifs is 3. The zero-order valence-electron chi connectivity index (χ0n) is 16.2. The first kappa shape index (κ1) is 19.8. The number of carbonyl (C=O) groups excluding carboxylic acids is 2. The number of sulfonamides is 1. The highest BCUT2D eigenvalue weighted by Crippen LogP contribution is 2.36. The third-order valence-electron chi connectivity index (χ3n) is 4.86. The Balaban J connectivity index is 1.45. The van der Waals surface area contributed by atoms with E-state index in [9.17, 15) is 18.0 Å². The first-order chi connectivity index (χ1) is 14.3. The van der Waals surface area contributed by atoms with Crippen molar-refractivity contribution in [3.05, 3.63) is 89.0 Å². The molecule has 0 saturated carbocycles. The lowest BCUT2D eigenvalue weighted by molar-refractivity contribution is 0.0475. The average Bonchev–Trinajstić information content (AvgIpc) is 3.08. The van der Waals surface area contributed by atoms with E-state index in [0.29, 0.717) is 5.56 Å². The van der Waals surface area contributed by atoms with Crippen LogP contribution in [0.1, 0.15) is 31.8 Å². The molecular weight excluding hydrogens is 402 g/mol. The van der Waals surface area contributed by atoms with Gasteiger partial charge in [-0.1, -0.05) is 42.5 Å². The smallest absolute Gasteiger partial charge is 0.338 e. The zero-order valence-corrected chi connectivity index (χ0v) is 17.0. The first-order valence-electron chi connectivity index (χ1n) is 9.29. The second-order valence-electron chi connectivity index (χ2n) is 7.16. The first-order valence-corrected chi connectivity index (χ1v) is 11.2. The maximum Gasteiger partial charge on any atom is 0.338 e. The highest BCUT2D eigenvalue weighted by atomic mass is 32.2. The summed E-state index contributed by atoms with van der Waals surface area (Å²) in [6.07, 6.45) is 1.86. The van der Waals surface area contributed by atoms with Crippen LogP contribution in [0.15, 0.2) is 66.7 Å². The lowest BCUT2D eigenvalue weighted by Gasteiger charge is -2.08. The van der Waals surface area contributed by atoms with Crippen molar-refractivity contribution in [2.75, 3.05) is 17.6 Å². The van der Waals surface area contributed by atoms with Crippen molar-refractivity contribution in [3.63, 3.8) is 0 Å². The van der Waals surface area contributed by atoms with Gasteiger partial charge in [0.1, 0.15) is 0 Å². The summed E-state index contributed by atoms with van der Waals surface area (Å²) >= 11 is 0. The van der Waals surface area contributed by atoms with Crippen LogP contribution in [0.2, 0.25) is 0 Å². The topological polar surface area (TPSA) is 89.5 Å². The van der Waals surface area contributed by atoms with Crippen LogP contribution in [-0.4, -0.2) is 33.0 Å². The standard InChI is InChI=1S/C23H19NO5S/c1-30(27,28)24-19-7-4-6-18(12-19)23(26)29-14-22(25)17-10-9-16-11-15-5-2-3-8-20(15)21(16)13-17/h2-10,12-13,24H,11,14H2,1H3. The van der Waals surface area contributed by atoms with Gasteiger partial charge < -0.3 is 4.74 Å². The summed E-state index contributed by atoms with van der Waals surface area (Å²) in [4.78, 5) is 24.9. The zero-order chi connectivity index (χ0) is 21.3. The molecule has 3 aromatic rings. The molecular formula is C23H19NO5S. The number of nitrogens with one attached hydrogen (secondary N) is 1. The highest BCUT2D eigenvalue weighted by Gasteiger charge is 2.20. The summed E-state index contributed by atoms with van der Waals surface area (Å²) in [7, 11) is -3.46. The normalized spacial score (nSPS) is 12.0. The molecule has 0 aliphatic heterocycles. The molecule has 6 nitrogen and oxygen atoms in total. The number of carbonyl (C=O) groups is 2. The summed E-state index contributed by atoms with van der Waals surface area (Å²) in [5, 5.41) is 0. The number of esters is 1. The van der Waals surface area contributed by atoms with Crippen LogP contribution in [-0.2, 0) is 21.2 Å². The number of ether oxygens (including phenoxy) is 1. The van der Waals surface area contributed by atoms with Gasteiger partial charge in [0.05, 0.1) is 11.8 Å². The average molecular weight is 421 g/mol. The number of rotatable bonds is 6. The molecule has 0 aromatic heterocycles. The van der Waals surface area contributed by atoms with E-state index in [1.165, 1.54) is 35.4 Å². The molecule has 30 heavy (non-hydrogen) atoms. The maximum atomic E-state index is 12.6. The number of Topliss-reactive ketones (excluding diaryl/α,β-unsaturated/α-hetero) is 1. The fourth-order valence-electron chi connectivity index (χ4n) is 3.52. The molecule has 1 N–H and O–H groups in total. The fraction of sp³-hybridized carbons (Fsp3) is 0.130. The van der Waals surface area contributed by atoms with Gasteiger partial charge in [-0.25, -0.2) is 13.2 Å². The van der Waals surface area contributed by atoms with Gasteiger partial charge >= 0.3 is 5.97 Å². The van der Waals surface area contributed by atoms with Crippen LogP contribution >= 0.6 is 0 Å². The van der Waals surface area contributed by atoms with Gasteiger partial charge in [-0.3, -0.25) is 9.52 Å². The van der Waals surface area contributed by atoms with E-state index in [0.717, 1.165) is 23.8 Å². The summed E-state index contributed by atoms with van der Waals surface area (Å²) in [5.74, 6) is -1.01. The Morgan fingerprint density at radius 3 is 2.47 bits per heavy atom. The van der Waals surface area contributed by atoms with Crippen LogP contribution in [0.4, 0.5) is 5.69 Å². The van der Waals surface area contributed by atoms with Gasteiger partial charge in [-0.15, -0.1) is 0 Å². The molecule has 4 rings (SSSR count). The van der Waals surface area contributed by atoms with Crippen molar-refractivity contribution in [1.29, 1.82) is 0 Å². The maximum absolute atomic E-state index is 12.6.